The van der Waals surface area contributed by atoms with Crippen LogP contribution < -0.4 is 10.5 Å². The van der Waals surface area contributed by atoms with Gasteiger partial charge in [0.1, 0.15) is 0 Å². The van der Waals surface area contributed by atoms with E-state index in [2.05, 4.69) is 40.7 Å². The van der Waals surface area contributed by atoms with Crippen LogP contribution in [0.4, 0.5) is 5.69 Å². The van der Waals surface area contributed by atoms with Crippen molar-refractivity contribution in [2.45, 2.75) is 45.6 Å². The standard InChI is InChI=1S/C27H29ClN4O/c1-2-3-4-17-31-25(21-9-13-23(14-10-21)30-15-5-6-16-30)19-32-26(33)18-24(29-27(31)32)20-7-11-22(28)12-8-20/h7-14,18-19H,2-6,15-17H2,1H3. The Hall–Kier alpha value is -3.05. The van der Waals surface area contributed by atoms with Crippen LogP contribution >= 0.6 is 11.6 Å². The fourth-order valence-electron chi connectivity index (χ4n) is 4.65. The van der Waals surface area contributed by atoms with Gasteiger partial charge in [0.05, 0.1) is 11.4 Å². The van der Waals surface area contributed by atoms with Crippen LogP contribution in [0.15, 0.2) is 65.6 Å². The second kappa shape index (κ2) is 9.44. The molecule has 0 spiro atoms. The molecule has 0 unspecified atom stereocenters. The highest BCUT2D eigenvalue weighted by molar-refractivity contribution is 6.30. The van der Waals surface area contributed by atoms with Gasteiger partial charge in [-0.2, -0.15) is 0 Å². The molecule has 0 amide bonds. The smallest absolute Gasteiger partial charge is 0.259 e. The van der Waals surface area contributed by atoms with E-state index in [1.54, 1.807) is 10.5 Å². The highest BCUT2D eigenvalue weighted by Crippen LogP contribution is 2.28. The molecular weight excluding hydrogens is 432 g/mol. The summed E-state index contributed by atoms with van der Waals surface area (Å²) in [4.78, 5) is 20.4. The van der Waals surface area contributed by atoms with E-state index in [1.807, 2.05) is 30.5 Å². The molecule has 1 saturated heterocycles. The summed E-state index contributed by atoms with van der Waals surface area (Å²) in [7, 11) is 0. The molecule has 1 aliphatic rings. The summed E-state index contributed by atoms with van der Waals surface area (Å²) in [5, 5.41) is 0.666. The van der Waals surface area contributed by atoms with E-state index in [9.17, 15) is 4.79 Å². The van der Waals surface area contributed by atoms with Crippen molar-refractivity contribution in [2.24, 2.45) is 0 Å². The van der Waals surface area contributed by atoms with Gasteiger partial charge in [-0.1, -0.05) is 55.6 Å². The van der Waals surface area contributed by atoms with Gasteiger partial charge in [0.25, 0.3) is 5.56 Å². The van der Waals surface area contributed by atoms with E-state index in [0.717, 1.165) is 55.7 Å². The Labute approximate surface area is 199 Å². The minimum Gasteiger partial charge on any atom is -0.372 e. The molecule has 0 aliphatic carbocycles. The van der Waals surface area contributed by atoms with Gasteiger partial charge in [-0.15, -0.1) is 0 Å². The predicted molar refractivity (Wildman–Crippen MR) is 136 cm³/mol. The molecule has 5 rings (SSSR count). The van der Waals surface area contributed by atoms with Crippen LogP contribution in [0.2, 0.25) is 5.02 Å². The number of nitrogens with zero attached hydrogens (tertiary/aromatic N) is 4. The SMILES string of the molecule is CCCCCn1c(-c2ccc(N3CCCC3)cc2)cn2c(=O)cc(-c3ccc(Cl)cc3)nc12. The Balaban J connectivity index is 1.60. The van der Waals surface area contributed by atoms with Crippen molar-refractivity contribution in [2.75, 3.05) is 18.0 Å². The molecule has 4 aromatic rings. The number of hydrogen-bond donors (Lipinski definition) is 0. The van der Waals surface area contributed by atoms with E-state index in [4.69, 9.17) is 16.6 Å². The maximum Gasteiger partial charge on any atom is 0.259 e. The number of anilines is 1. The third kappa shape index (κ3) is 4.42. The molecule has 6 heteroatoms. The van der Waals surface area contributed by atoms with Gasteiger partial charge >= 0.3 is 0 Å². The number of halogens is 1. The van der Waals surface area contributed by atoms with Gasteiger partial charge in [0, 0.05) is 48.2 Å². The van der Waals surface area contributed by atoms with Gasteiger partial charge in [0.2, 0.25) is 5.78 Å². The molecule has 0 atom stereocenters. The zero-order valence-corrected chi connectivity index (χ0v) is 19.8. The average Bonchev–Trinajstić information content (AvgIpc) is 3.49. The number of imidazole rings is 1. The lowest BCUT2D eigenvalue weighted by molar-refractivity contribution is 0.614. The van der Waals surface area contributed by atoms with Crippen LogP contribution in [-0.2, 0) is 6.54 Å². The van der Waals surface area contributed by atoms with E-state index < -0.39 is 0 Å². The van der Waals surface area contributed by atoms with Crippen LogP contribution in [0, 0.1) is 0 Å². The molecule has 0 N–H and O–H groups in total. The average molecular weight is 461 g/mol. The lowest BCUT2D eigenvalue weighted by atomic mass is 10.1. The Bertz CT molecular complexity index is 1300. The van der Waals surface area contributed by atoms with Crippen LogP contribution in [0.1, 0.15) is 39.0 Å². The summed E-state index contributed by atoms with van der Waals surface area (Å²) in [6.07, 6.45) is 7.78. The first-order valence-corrected chi connectivity index (χ1v) is 12.3. The molecule has 3 heterocycles. The number of unbranched alkanes of at least 4 members (excludes halogenated alkanes) is 2. The highest BCUT2D eigenvalue weighted by Gasteiger charge is 2.17. The topological polar surface area (TPSA) is 42.5 Å². The van der Waals surface area contributed by atoms with E-state index >= 15 is 0 Å². The zero-order valence-electron chi connectivity index (χ0n) is 19.0. The van der Waals surface area contributed by atoms with Gasteiger partial charge in [-0.3, -0.25) is 9.20 Å². The zero-order chi connectivity index (χ0) is 22.8. The molecule has 1 aliphatic heterocycles. The lowest BCUT2D eigenvalue weighted by Gasteiger charge is -2.18. The van der Waals surface area contributed by atoms with E-state index in [0.29, 0.717) is 16.5 Å². The summed E-state index contributed by atoms with van der Waals surface area (Å²) in [5.41, 5.74) is 4.88. The predicted octanol–water partition coefficient (Wildman–Crippen LogP) is 6.27. The molecule has 1 fully saturated rings. The summed E-state index contributed by atoms with van der Waals surface area (Å²) in [5.74, 6) is 0.683. The number of rotatable bonds is 7. The first-order valence-electron chi connectivity index (χ1n) is 11.9. The molecular formula is C27H29ClN4O. The Kier molecular flexibility index (Phi) is 6.23. The summed E-state index contributed by atoms with van der Waals surface area (Å²) in [6, 6.07) is 17.8. The summed E-state index contributed by atoms with van der Waals surface area (Å²) < 4.78 is 3.87. The largest absolute Gasteiger partial charge is 0.372 e. The van der Waals surface area contributed by atoms with Crippen LogP contribution in [0.25, 0.3) is 28.3 Å². The van der Waals surface area contributed by atoms with Crippen molar-refractivity contribution >= 4 is 23.1 Å². The molecule has 2 aromatic carbocycles. The van der Waals surface area contributed by atoms with Crippen molar-refractivity contribution in [3.63, 3.8) is 0 Å². The van der Waals surface area contributed by atoms with Crippen molar-refractivity contribution < 1.29 is 0 Å². The fraction of sp³-hybridized carbons (Fsp3) is 0.333. The van der Waals surface area contributed by atoms with Crippen LogP contribution in [-0.4, -0.2) is 27.0 Å². The summed E-state index contributed by atoms with van der Waals surface area (Å²) >= 11 is 6.05. The van der Waals surface area contributed by atoms with Crippen LogP contribution in [0.3, 0.4) is 0 Å². The second-order valence-corrected chi connectivity index (χ2v) is 9.21. The van der Waals surface area contributed by atoms with Gasteiger partial charge in [0.15, 0.2) is 0 Å². The maximum atomic E-state index is 13.1. The summed E-state index contributed by atoms with van der Waals surface area (Å²) in [6.45, 7) is 5.28. The van der Waals surface area contributed by atoms with E-state index in [-0.39, 0.29) is 5.56 Å². The normalized spacial score (nSPS) is 13.8. The molecule has 5 nitrogen and oxygen atoms in total. The first-order chi connectivity index (χ1) is 16.1. The maximum absolute atomic E-state index is 13.1. The molecule has 2 aromatic heterocycles. The van der Waals surface area contributed by atoms with Crippen molar-refractivity contribution in [1.29, 1.82) is 0 Å². The lowest BCUT2D eigenvalue weighted by Crippen LogP contribution is -2.17. The highest BCUT2D eigenvalue weighted by atomic mass is 35.5. The second-order valence-electron chi connectivity index (χ2n) is 8.77. The van der Waals surface area contributed by atoms with Crippen molar-refractivity contribution in [3.8, 4) is 22.5 Å². The third-order valence-electron chi connectivity index (χ3n) is 6.48. The van der Waals surface area contributed by atoms with Gasteiger partial charge in [-0.25, -0.2) is 4.98 Å². The molecule has 0 saturated carbocycles. The molecule has 0 radical (unpaired) electrons. The molecule has 0 bridgehead atoms. The van der Waals surface area contributed by atoms with Gasteiger partial charge in [-0.05, 0) is 49.1 Å². The van der Waals surface area contributed by atoms with Crippen molar-refractivity contribution in [3.05, 3.63) is 76.2 Å². The van der Waals surface area contributed by atoms with Gasteiger partial charge < -0.3 is 9.47 Å². The van der Waals surface area contributed by atoms with E-state index in [1.165, 1.54) is 18.5 Å². The quantitative estimate of drug-likeness (QED) is 0.305. The number of aryl methyl sites for hydroxylation is 1. The first kappa shape index (κ1) is 21.8. The Morgan fingerprint density at radius 2 is 1.64 bits per heavy atom. The monoisotopic (exact) mass is 460 g/mol. The van der Waals surface area contributed by atoms with Crippen LogP contribution in [0.5, 0.6) is 0 Å². The fourth-order valence-corrected chi connectivity index (χ4v) is 4.77. The minimum atomic E-state index is -0.0749. The third-order valence-corrected chi connectivity index (χ3v) is 6.73. The molecule has 170 valence electrons. The minimum absolute atomic E-state index is 0.0749. The number of aromatic nitrogens is 3. The number of benzene rings is 2. The van der Waals surface area contributed by atoms with Crippen molar-refractivity contribution in [1.82, 2.24) is 14.0 Å². The Morgan fingerprint density at radius 1 is 0.939 bits per heavy atom. The number of hydrogen-bond acceptors (Lipinski definition) is 3. The number of fused-ring (bicyclic) bond motifs is 1. The molecule has 33 heavy (non-hydrogen) atoms. The Morgan fingerprint density at radius 3 is 2.33 bits per heavy atom.